The van der Waals surface area contributed by atoms with Gasteiger partial charge in [0.25, 0.3) is 5.91 Å². The molecule has 0 aliphatic rings. The second-order valence-corrected chi connectivity index (χ2v) is 7.58. The van der Waals surface area contributed by atoms with Gasteiger partial charge < -0.3 is 15.6 Å². The highest BCUT2D eigenvalue weighted by atomic mass is 19.4. The first-order valence-electron chi connectivity index (χ1n) is 10.5. The third-order valence-electron chi connectivity index (χ3n) is 4.98. The Hall–Kier alpha value is -4.42. The molecule has 4 rings (SSSR count). The standard InChI is InChI=1S/C23H18F5N7O/c24-16-2-1-13(18(25)6-16)9-32-20-7-19(22(36)31-4-3-17-11-30-12-33-17)34-21(35-20)14-5-15(10-29-8-14)23(26,27)28/h1-2,5-8,10-12H,3-4,9H2,(H,30,33)(H,31,36)(H,32,34,35). The molecule has 0 saturated carbocycles. The normalized spacial score (nSPS) is 11.4. The van der Waals surface area contributed by atoms with Crippen molar-refractivity contribution in [1.82, 2.24) is 30.2 Å². The van der Waals surface area contributed by atoms with Gasteiger partial charge in [-0.25, -0.2) is 23.7 Å². The molecule has 1 amide bonds. The van der Waals surface area contributed by atoms with E-state index in [0.29, 0.717) is 12.6 Å². The number of aromatic amines is 1. The van der Waals surface area contributed by atoms with Gasteiger partial charge in [-0.3, -0.25) is 9.78 Å². The molecular formula is C23H18F5N7O. The molecule has 0 radical (unpaired) electrons. The molecule has 0 spiro atoms. The maximum Gasteiger partial charge on any atom is 0.417 e. The van der Waals surface area contributed by atoms with E-state index in [9.17, 15) is 26.7 Å². The topological polar surface area (TPSA) is 108 Å². The first-order valence-corrected chi connectivity index (χ1v) is 10.5. The number of pyridine rings is 1. The summed E-state index contributed by atoms with van der Waals surface area (Å²) in [5.41, 5.74) is -0.395. The van der Waals surface area contributed by atoms with Crippen molar-refractivity contribution in [2.45, 2.75) is 19.1 Å². The molecule has 0 atom stereocenters. The van der Waals surface area contributed by atoms with E-state index < -0.39 is 29.3 Å². The number of carbonyl (C=O) groups excluding carboxylic acids is 1. The molecular weight excluding hydrogens is 485 g/mol. The van der Waals surface area contributed by atoms with Crippen molar-refractivity contribution in [3.05, 3.63) is 89.4 Å². The fourth-order valence-electron chi connectivity index (χ4n) is 3.17. The average Bonchev–Trinajstić information content (AvgIpc) is 3.36. The molecule has 13 heteroatoms. The number of benzene rings is 1. The third-order valence-corrected chi connectivity index (χ3v) is 4.98. The predicted molar refractivity (Wildman–Crippen MR) is 119 cm³/mol. The van der Waals surface area contributed by atoms with E-state index in [1.54, 1.807) is 6.20 Å². The summed E-state index contributed by atoms with van der Waals surface area (Å²) in [6.07, 6.45) is 0.745. The van der Waals surface area contributed by atoms with Gasteiger partial charge >= 0.3 is 6.18 Å². The Morgan fingerprint density at radius 2 is 1.89 bits per heavy atom. The molecule has 186 valence electrons. The first-order chi connectivity index (χ1) is 17.2. The van der Waals surface area contributed by atoms with Gasteiger partial charge in [-0.2, -0.15) is 13.2 Å². The number of hydrogen-bond donors (Lipinski definition) is 3. The van der Waals surface area contributed by atoms with E-state index in [2.05, 4.69) is 35.6 Å². The van der Waals surface area contributed by atoms with Gasteiger partial charge in [0.05, 0.1) is 17.6 Å². The highest BCUT2D eigenvalue weighted by molar-refractivity contribution is 5.93. The zero-order valence-corrected chi connectivity index (χ0v) is 18.4. The maximum atomic E-state index is 14.0. The molecule has 36 heavy (non-hydrogen) atoms. The largest absolute Gasteiger partial charge is 0.417 e. The van der Waals surface area contributed by atoms with Crippen LogP contribution in [0.5, 0.6) is 0 Å². The molecule has 4 aromatic rings. The number of hydrogen-bond acceptors (Lipinski definition) is 6. The van der Waals surface area contributed by atoms with Gasteiger partial charge in [-0.05, 0) is 12.1 Å². The number of amides is 1. The van der Waals surface area contributed by atoms with Crippen LogP contribution in [0, 0.1) is 11.6 Å². The Morgan fingerprint density at radius 3 is 2.61 bits per heavy atom. The fraction of sp³-hybridized carbons (Fsp3) is 0.174. The quantitative estimate of drug-likeness (QED) is 0.312. The van der Waals surface area contributed by atoms with Gasteiger partial charge in [-0.1, -0.05) is 6.07 Å². The molecule has 0 fully saturated rings. The van der Waals surface area contributed by atoms with E-state index >= 15 is 0 Å². The summed E-state index contributed by atoms with van der Waals surface area (Å²) >= 11 is 0. The lowest BCUT2D eigenvalue weighted by Gasteiger charge is -2.12. The van der Waals surface area contributed by atoms with Crippen LogP contribution in [-0.2, 0) is 19.1 Å². The molecule has 0 aliphatic carbocycles. The second-order valence-electron chi connectivity index (χ2n) is 7.58. The molecule has 0 aliphatic heterocycles. The summed E-state index contributed by atoms with van der Waals surface area (Å²) in [6.45, 7) is 0.0846. The van der Waals surface area contributed by atoms with Crippen molar-refractivity contribution in [2.24, 2.45) is 0 Å². The minimum Gasteiger partial charge on any atom is -0.366 e. The number of rotatable bonds is 8. The van der Waals surface area contributed by atoms with Crippen molar-refractivity contribution in [2.75, 3.05) is 11.9 Å². The van der Waals surface area contributed by atoms with Crippen LogP contribution in [0.1, 0.15) is 27.3 Å². The van der Waals surface area contributed by atoms with E-state index in [0.717, 1.165) is 30.1 Å². The zero-order valence-electron chi connectivity index (χ0n) is 18.4. The van der Waals surface area contributed by atoms with Gasteiger partial charge in [0.15, 0.2) is 5.82 Å². The number of nitrogens with one attached hydrogen (secondary N) is 3. The Morgan fingerprint density at radius 1 is 1.06 bits per heavy atom. The van der Waals surface area contributed by atoms with Gasteiger partial charge in [0, 0.05) is 61.4 Å². The smallest absolute Gasteiger partial charge is 0.366 e. The summed E-state index contributed by atoms with van der Waals surface area (Å²) < 4.78 is 66.7. The summed E-state index contributed by atoms with van der Waals surface area (Å²) in [6, 6.07) is 5.12. The summed E-state index contributed by atoms with van der Waals surface area (Å²) in [5.74, 6) is -2.30. The van der Waals surface area contributed by atoms with Crippen molar-refractivity contribution in [3.8, 4) is 11.4 Å². The highest BCUT2D eigenvalue weighted by Crippen LogP contribution is 2.31. The number of alkyl halides is 3. The Labute approximate surface area is 201 Å². The van der Waals surface area contributed by atoms with Crippen LogP contribution in [0.2, 0.25) is 0 Å². The summed E-state index contributed by atoms with van der Waals surface area (Å²) in [7, 11) is 0. The lowest BCUT2D eigenvalue weighted by atomic mass is 10.2. The van der Waals surface area contributed by atoms with Crippen LogP contribution in [0.15, 0.2) is 55.2 Å². The van der Waals surface area contributed by atoms with Crippen molar-refractivity contribution in [3.63, 3.8) is 0 Å². The van der Waals surface area contributed by atoms with Gasteiger partial charge in [0.1, 0.15) is 23.1 Å². The number of imidazole rings is 1. The van der Waals surface area contributed by atoms with Crippen LogP contribution >= 0.6 is 0 Å². The fourth-order valence-corrected chi connectivity index (χ4v) is 3.17. The number of carbonyl (C=O) groups is 1. The monoisotopic (exact) mass is 503 g/mol. The summed E-state index contributed by atoms with van der Waals surface area (Å²) in [5, 5.41) is 5.46. The van der Waals surface area contributed by atoms with Crippen molar-refractivity contribution in [1.29, 1.82) is 0 Å². The number of aromatic nitrogens is 5. The third kappa shape index (κ3) is 6.17. The number of H-pyrrole nitrogens is 1. The molecule has 0 saturated heterocycles. The maximum absolute atomic E-state index is 14.0. The lowest BCUT2D eigenvalue weighted by Crippen LogP contribution is -2.27. The van der Waals surface area contributed by atoms with Crippen LogP contribution in [0.4, 0.5) is 27.8 Å². The molecule has 3 aromatic heterocycles. The summed E-state index contributed by atoms with van der Waals surface area (Å²) in [4.78, 5) is 31.5. The molecule has 0 bridgehead atoms. The van der Waals surface area contributed by atoms with Crippen LogP contribution in [0.3, 0.4) is 0 Å². The van der Waals surface area contributed by atoms with Gasteiger partial charge in [0.2, 0.25) is 0 Å². The molecule has 8 nitrogen and oxygen atoms in total. The SMILES string of the molecule is O=C(NCCc1c[nH]cn1)c1cc(NCc2ccc(F)cc2F)nc(-c2cncc(C(F)(F)F)c2)n1. The molecule has 0 unspecified atom stereocenters. The minimum absolute atomic E-state index is 0.0404. The van der Waals surface area contributed by atoms with Crippen LogP contribution < -0.4 is 10.6 Å². The van der Waals surface area contributed by atoms with E-state index in [1.165, 1.54) is 18.5 Å². The number of nitrogens with zero attached hydrogens (tertiary/aromatic N) is 4. The Balaban J connectivity index is 1.61. The lowest BCUT2D eigenvalue weighted by molar-refractivity contribution is -0.137. The first kappa shape index (κ1) is 24.7. The van der Waals surface area contributed by atoms with Crippen LogP contribution in [-0.4, -0.2) is 37.4 Å². The van der Waals surface area contributed by atoms with Crippen molar-refractivity contribution >= 4 is 11.7 Å². The second kappa shape index (κ2) is 10.5. The van der Waals surface area contributed by atoms with E-state index in [4.69, 9.17) is 0 Å². The number of halogens is 5. The average molecular weight is 503 g/mol. The zero-order chi connectivity index (χ0) is 25.7. The van der Waals surface area contributed by atoms with Crippen molar-refractivity contribution < 1.29 is 26.7 Å². The molecule has 3 heterocycles. The highest BCUT2D eigenvalue weighted by Gasteiger charge is 2.31. The van der Waals surface area contributed by atoms with E-state index in [1.807, 2.05) is 0 Å². The Bertz CT molecular complexity index is 1360. The van der Waals surface area contributed by atoms with Gasteiger partial charge in [-0.15, -0.1) is 0 Å². The Kier molecular flexibility index (Phi) is 7.17. The number of anilines is 1. The van der Waals surface area contributed by atoms with Crippen LogP contribution in [0.25, 0.3) is 11.4 Å². The molecule has 3 N–H and O–H groups in total. The molecule has 1 aromatic carbocycles. The minimum atomic E-state index is -4.65. The predicted octanol–water partition coefficient (Wildman–Crippen LogP) is 4.14. The van der Waals surface area contributed by atoms with E-state index in [-0.39, 0.29) is 41.6 Å².